The highest BCUT2D eigenvalue weighted by molar-refractivity contribution is 9.10. The van der Waals surface area contributed by atoms with Crippen molar-refractivity contribution in [3.63, 3.8) is 0 Å². The second kappa shape index (κ2) is 5.27. The highest BCUT2D eigenvalue weighted by Gasteiger charge is 2.43. The van der Waals surface area contributed by atoms with Crippen LogP contribution in [-0.2, 0) is 4.79 Å². The van der Waals surface area contributed by atoms with Crippen LogP contribution in [0.1, 0.15) is 16.8 Å². The molecule has 2 N–H and O–H groups in total. The standard InChI is InChI=1S/C11H11BrN2O3S/c12-8-3-7(4-13-5-8)9(15)14-11(10(16)17)1-2-18-6-11/h3-5H,1-2,6H2,(H,14,15)(H,16,17)/t11-/m0/s1. The molecule has 18 heavy (non-hydrogen) atoms. The van der Waals surface area contributed by atoms with Crippen molar-refractivity contribution >= 4 is 39.6 Å². The summed E-state index contributed by atoms with van der Waals surface area (Å²) in [6.07, 6.45) is 3.42. The SMILES string of the molecule is O=C(N[C@@]1(C(=O)O)CCSC1)c1cncc(Br)c1. The predicted molar refractivity (Wildman–Crippen MR) is 71.7 cm³/mol. The number of hydrogen-bond donors (Lipinski definition) is 2. The van der Waals surface area contributed by atoms with Gasteiger partial charge < -0.3 is 10.4 Å². The molecule has 1 aliphatic heterocycles. The lowest BCUT2D eigenvalue weighted by Gasteiger charge is -2.24. The number of aromatic nitrogens is 1. The Morgan fingerprint density at radius 1 is 1.50 bits per heavy atom. The van der Waals surface area contributed by atoms with Crippen molar-refractivity contribution in [2.45, 2.75) is 12.0 Å². The van der Waals surface area contributed by atoms with Crippen molar-refractivity contribution in [3.05, 3.63) is 28.5 Å². The zero-order valence-corrected chi connectivity index (χ0v) is 11.8. The zero-order chi connectivity index (χ0) is 13.2. The van der Waals surface area contributed by atoms with Gasteiger partial charge in [0.15, 0.2) is 0 Å². The number of carboxylic acids is 1. The maximum Gasteiger partial charge on any atom is 0.330 e. The van der Waals surface area contributed by atoms with E-state index in [-0.39, 0.29) is 0 Å². The van der Waals surface area contributed by atoms with Crippen LogP contribution >= 0.6 is 27.7 Å². The summed E-state index contributed by atoms with van der Waals surface area (Å²) in [4.78, 5) is 27.2. The highest BCUT2D eigenvalue weighted by Crippen LogP contribution is 2.28. The van der Waals surface area contributed by atoms with Crippen molar-refractivity contribution < 1.29 is 14.7 Å². The Kier molecular flexibility index (Phi) is 3.91. The number of carboxylic acid groups (broad SMARTS) is 1. The van der Waals surface area contributed by atoms with Crippen molar-refractivity contribution in [3.8, 4) is 0 Å². The first kappa shape index (κ1) is 13.4. The lowest BCUT2D eigenvalue weighted by molar-refractivity contribution is -0.143. The molecule has 5 nitrogen and oxygen atoms in total. The molecule has 1 aliphatic rings. The number of halogens is 1. The van der Waals surface area contributed by atoms with Crippen LogP contribution in [0.15, 0.2) is 22.9 Å². The van der Waals surface area contributed by atoms with E-state index in [0.717, 1.165) is 5.75 Å². The quantitative estimate of drug-likeness (QED) is 0.878. The molecule has 2 heterocycles. The first-order valence-electron chi connectivity index (χ1n) is 5.28. The third kappa shape index (κ3) is 2.67. The average molecular weight is 331 g/mol. The topological polar surface area (TPSA) is 79.3 Å². The molecular weight excluding hydrogens is 320 g/mol. The van der Waals surface area contributed by atoms with Gasteiger partial charge in [0.1, 0.15) is 5.54 Å². The second-order valence-electron chi connectivity index (χ2n) is 4.04. The van der Waals surface area contributed by atoms with Crippen LogP contribution < -0.4 is 5.32 Å². The normalized spacial score (nSPS) is 22.7. The maximum absolute atomic E-state index is 12.0. The molecule has 1 aromatic rings. The van der Waals surface area contributed by atoms with Gasteiger partial charge in [-0.05, 0) is 34.2 Å². The fourth-order valence-corrected chi connectivity index (χ4v) is 3.40. The number of carbonyl (C=O) groups is 2. The Labute approximate surface area is 116 Å². The fourth-order valence-electron chi connectivity index (χ4n) is 1.71. The van der Waals surface area contributed by atoms with E-state index in [1.54, 1.807) is 12.3 Å². The van der Waals surface area contributed by atoms with Gasteiger partial charge in [0.05, 0.1) is 5.56 Å². The van der Waals surface area contributed by atoms with Crippen molar-refractivity contribution in [1.29, 1.82) is 0 Å². The first-order chi connectivity index (χ1) is 8.53. The number of amides is 1. The number of rotatable bonds is 3. The first-order valence-corrected chi connectivity index (χ1v) is 7.22. The fraction of sp³-hybridized carbons (Fsp3) is 0.364. The number of carbonyl (C=O) groups excluding carboxylic acids is 1. The van der Waals surface area contributed by atoms with Crippen molar-refractivity contribution in [2.24, 2.45) is 0 Å². The Bertz CT molecular complexity index is 489. The van der Waals surface area contributed by atoms with E-state index in [1.165, 1.54) is 18.0 Å². The molecule has 0 aliphatic carbocycles. The Morgan fingerprint density at radius 3 is 2.83 bits per heavy atom. The molecule has 7 heteroatoms. The van der Waals surface area contributed by atoms with Gasteiger partial charge in [-0.1, -0.05) is 0 Å². The van der Waals surface area contributed by atoms with Gasteiger partial charge in [-0.25, -0.2) is 4.79 Å². The average Bonchev–Trinajstić information content (AvgIpc) is 2.79. The minimum Gasteiger partial charge on any atom is -0.479 e. The van der Waals surface area contributed by atoms with Crippen LogP contribution in [0.2, 0.25) is 0 Å². The van der Waals surface area contributed by atoms with Crippen molar-refractivity contribution in [2.75, 3.05) is 11.5 Å². The van der Waals surface area contributed by atoms with Crippen LogP contribution in [-0.4, -0.2) is 39.0 Å². The molecule has 2 rings (SSSR count). The Hall–Kier alpha value is -1.08. The number of thioether (sulfide) groups is 1. The Morgan fingerprint density at radius 2 is 2.28 bits per heavy atom. The van der Waals surface area contributed by atoms with Gasteiger partial charge in [-0.15, -0.1) is 0 Å². The number of nitrogens with zero attached hydrogens (tertiary/aromatic N) is 1. The summed E-state index contributed by atoms with van der Waals surface area (Å²) < 4.78 is 0.681. The van der Waals surface area contributed by atoms with Gasteiger partial charge in [-0.2, -0.15) is 11.8 Å². The molecule has 0 aromatic carbocycles. The minimum absolute atomic E-state index is 0.349. The van der Waals surface area contributed by atoms with Gasteiger partial charge in [-0.3, -0.25) is 9.78 Å². The smallest absolute Gasteiger partial charge is 0.330 e. The molecule has 0 bridgehead atoms. The monoisotopic (exact) mass is 330 g/mol. The van der Waals surface area contributed by atoms with E-state index in [1.807, 2.05) is 0 Å². The summed E-state index contributed by atoms with van der Waals surface area (Å²) in [6.45, 7) is 0. The molecule has 0 unspecified atom stereocenters. The van der Waals surface area contributed by atoms with Crippen molar-refractivity contribution in [1.82, 2.24) is 10.3 Å². The zero-order valence-electron chi connectivity index (χ0n) is 9.35. The highest BCUT2D eigenvalue weighted by atomic mass is 79.9. The van der Waals surface area contributed by atoms with E-state index < -0.39 is 17.4 Å². The van der Waals surface area contributed by atoms with E-state index in [4.69, 9.17) is 0 Å². The third-order valence-electron chi connectivity index (χ3n) is 2.75. The van der Waals surface area contributed by atoms with Gasteiger partial charge in [0.25, 0.3) is 5.91 Å². The summed E-state index contributed by atoms with van der Waals surface area (Å²) in [7, 11) is 0. The van der Waals surface area contributed by atoms with E-state index in [0.29, 0.717) is 22.2 Å². The van der Waals surface area contributed by atoms with E-state index in [2.05, 4.69) is 26.2 Å². The number of hydrogen-bond acceptors (Lipinski definition) is 4. The molecule has 96 valence electrons. The van der Waals surface area contributed by atoms with Gasteiger partial charge in [0, 0.05) is 22.6 Å². The summed E-state index contributed by atoms with van der Waals surface area (Å²) >= 11 is 4.75. The van der Waals surface area contributed by atoms with Gasteiger partial charge >= 0.3 is 5.97 Å². The number of nitrogens with one attached hydrogen (secondary N) is 1. The number of aliphatic carboxylic acids is 1. The maximum atomic E-state index is 12.0. The van der Waals surface area contributed by atoms with Crippen LogP contribution in [0.3, 0.4) is 0 Å². The molecule has 1 fully saturated rings. The summed E-state index contributed by atoms with van der Waals surface area (Å²) in [5, 5.41) is 11.9. The molecule has 0 radical (unpaired) electrons. The molecular formula is C11H11BrN2O3S. The van der Waals surface area contributed by atoms with Crippen LogP contribution in [0.5, 0.6) is 0 Å². The Balaban J connectivity index is 2.18. The lowest BCUT2D eigenvalue weighted by Crippen LogP contribution is -2.54. The van der Waals surface area contributed by atoms with Crippen LogP contribution in [0.25, 0.3) is 0 Å². The molecule has 1 amide bonds. The molecule has 0 saturated carbocycles. The van der Waals surface area contributed by atoms with E-state index in [9.17, 15) is 14.7 Å². The molecule has 1 saturated heterocycles. The molecule has 1 aromatic heterocycles. The predicted octanol–water partition coefficient (Wildman–Crippen LogP) is 1.53. The van der Waals surface area contributed by atoms with Crippen LogP contribution in [0, 0.1) is 0 Å². The molecule has 0 spiro atoms. The second-order valence-corrected chi connectivity index (χ2v) is 6.06. The summed E-state index contributed by atoms with van der Waals surface area (Å²) in [5.41, 5.74) is -0.800. The third-order valence-corrected chi connectivity index (χ3v) is 4.37. The summed E-state index contributed by atoms with van der Waals surface area (Å²) in [5.74, 6) is -0.253. The number of pyridine rings is 1. The van der Waals surface area contributed by atoms with Gasteiger partial charge in [0.2, 0.25) is 0 Å². The summed E-state index contributed by atoms with van der Waals surface area (Å²) in [6, 6.07) is 1.61. The largest absolute Gasteiger partial charge is 0.479 e. The lowest BCUT2D eigenvalue weighted by atomic mass is 9.99. The minimum atomic E-state index is -1.15. The molecule has 1 atom stereocenters. The van der Waals surface area contributed by atoms with Crippen LogP contribution in [0.4, 0.5) is 0 Å². The van der Waals surface area contributed by atoms with E-state index >= 15 is 0 Å².